The summed E-state index contributed by atoms with van der Waals surface area (Å²) >= 11 is 0. The van der Waals surface area contributed by atoms with Crippen LogP contribution in [0.15, 0.2) is 18.2 Å². The lowest BCUT2D eigenvalue weighted by Gasteiger charge is -2.13. The summed E-state index contributed by atoms with van der Waals surface area (Å²) in [6.45, 7) is 2.29. The Hall–Kier alpha value is -1.17. The maximum absolute atomic E-state index is 13.5. The van der Waals surface area contributed by atoms with E-state index in [-0.39, 0.29) is 25.0 Å². The van der Waals surface area contributed by atoms with Crippen LogP contribution in [0, 0.1) is 5.82 Å². The Kier molecular flexibility index (Phi) is 5.90. The quantitative estimate of drug-likeness (QED) is 0.658. The number of halogens is 1. The molecule has 0 radical (unpaired) electrons. The number of hydrogen-bond acceptors (Lipinski definition) is 4. The van der Waals surface area contributed by atoms with E-state index in [1.54, 1.807) is 19.1 Å². The highest BCUT2D eigenvalue weighted by atomic mass is 19.1. The molecule has 0 aliphatic rings. The van der Waals surface area contributed by atoms with Gasteiger partial charge in [0.2, 0.25) is 0 Å². The lowest BCUT2D eigenvalue weighted by molar-refractivity contribution is 0.170. The zero-order valence-corrected chi connectivity index (χ0v) is 9.82. The Balaban J connectivity index is 2.58. The largest absolute Gasteiger partial charge is 0.491 e. The van der Waals surface area contributed by atoms with Gasteiger partial charge in [0.25, 0.3) is 0 Å². The number of nitrogens with one attached hydrogen (secondary N) is 1. The van der Waals surface area contributed by atoms with Crippen molar-refractivity contribution in [1.29, 1.82) is 0 Å². The van der Waals surface area contributed by atoms with Crippen LogP contribution in [0.3, 0.4) is 0 Å². The molecule has 0 spiro atoms. The minimum absolute atomic E-state index is 0.157. The van der Waals surface area contributed by atoms with Crippen LogP contribution in [0.25, 0.3) is 0 Å². The first-order chi connectivity index (χ1) is 8.21. The van der Waals surface area contributed by atoms with Crippen molar-refractivity contribution in [2.24, 2.45) is 0 Å². The molecule has 0 saturated carbocycles. The van der Waals surface area contributed by atoms with Gasteiger partial charge in [-0.2, -0.15) is 0 Å². The molecular formula is C12H18FNO3. The minimum Gasteiger partial charge on any atom is -0.491 e. The van der Waals surface area contributed by atoms with Gasteiger partial charge in [0.1, 0.15) is 0 Å². The van der Waals surface area contributed by atoms with Gasteiger partial charge in [-0.05, 0) is 24.6 Å². The lowest BCUT2D eigenvalue weighted by atomic mass is 10.2. The first-order valence-electron chi connectivity index (χ1n) is 5.57. The normalized spacial score (nSPS) is 10.9. The van der Waals surface area contributed by atoms with Gasteiger partial charge in [0.15, 0.2) is 11.6 Å². The summed E-state index contributed by atoms with van der Waals surface area (Å²) in [7, 11) is 0. The third kappa shape index (κ3) is 4.30. The summed E-state index contributed by atoms with van der Waals surface area (Å²) < 4.78 is 18.6. The zero-order chi connectivity index (χ0) is 12.7. The number of benzene rings is 1. The maximum Gasteiger partial charge on any atom is 0.165 e. The minimum atomic E-state index is -0.407. The topological polar surface area (TPSA) is 61.7 Å². The second-order valence-corrected chi connectivity index (χ2v) is 3.64. The standard InChI is InChI=1S/C12H18FNO3/c1-2-17-12-4-3-9(5-11(12)13)6-14-10(7-15)8-16/h3-5,10,14-16H,2,6-8H2,1H3. The summed E-state index contributed by atoms with van der Waals surface area (Å²) in [6, 6.07) is 4.31. The second-order valence-electron chi connectivity index (χ2n) is 3.64. The second kappa shape index (κ2) is 7.21. The molecule has 0 amide bonds. The van der Waals surface area contributed by atoms with Crippen LogP contribution in [0.4, 0.5) is 4.39 Å². The summed E-state index contributed by atoms with van der Waals surface area (Å²) in [5, 5.41) is 20.6. The molecule has 0 aliphatic heterocycles. The maximum atomic E-state index is 13.5. The van der Waals surface area contributed by atoms with E-state index in [1.165, 1.54) is 6.07 Å². The predicted octanol–water partition coefficient (Wildman–Crippen LogP) is 0.667. The van der Waals surface area contributed by atoms with Gasteiger partial charge in [0.05, 0.1) is 25.9 Å². The highest BCUT2D eigenvalue weighted by molar-refractivity contribution is 5.29. The molecule has 3 N–H and O–H groups in total. The Labute approximate surface area is 100 Å². The van der Waals surface area contributed by atoms with Gasteiger partial charge < -0.3 is 20.3 Å². The molecule has 0 saturated heterocycles. The Morgan fingerprint density at radius 2 is 2.06 bits per heavy atom. The van der Waals surface area contributed by atoms with Gasteiger partial charge in [-0.25, -0.2) is 4.39 Å². The molecule has 0 aromatic heterocycles. The van der Waals surface area contributed by atoms with Crippen LogP contribution >= 0.6 is 0 Å². The van der Waals surface area contributed by atoms with Crippen molar-refractivity contribution in [2.45, 2.75) is 19.5 Å². The third-order valence-electron chi connectivity index (χ3n) is 2.33. The SMILES string of the molecule is CCOc1ccc(CNC(CO)CO)cc1F. The van der Waals surface area contributed by atoms with E-state index in [4.69, 9.17) is 14.9 Å². The molecule has 1 aromatic carbocycles. The van der Waals surface area contributed by atoms with Gasteiger partial charge >= 0.3 is 0 Å². The lowest BCUT2D eigenvalue weighted by Crippen LogP contribution is -2.35. The highest BCUT2D eigenvalue weighted by Crippen LogP contribution is 2.18. The van der Waals surface area contributed by atoms with Crippen LogP contribution in [-0.4, -0.2) is 36.1 Å². The first-order valence-corrected chi connectivity index (χ1v) is 5.57. The number of aliphatic hydroxyl groups excluding tert-OH is 2. The molecule has 0 unspecified atom stereocenters. The number of rotatable bonds is 7. The van der Waals surface area contributed by atoms with Crippen molar-refractivity contribution >= 4 is 0 Å². The van der Waals surface area contributed by atoms with Crippen molar-refractivity contribution in [2.75, 3.05) is 19.8 Å². The predicted molar refractivity (Wildman–Crippen MR) is 62.4 cm³/mol. The van der Waals surface area contributed by atoms with Crippen molar-refractivity contribution < 1.29 is 19.3 Å². The summed E-state index contributed by atoms with van der Waals surface area (Å²) in [5.41, 5.74) is 0.734. The molecule has 17 heavy (non-hydrogen) atoms. The molecule has 4 nitrogen and oxygen atoms in total. The van der Waals surface area contributed by atoms with Crippen LogP contribution < -0.4 is 10.1 Å². The summed E-state index contributed by atoms with van der Waals surface area (Å²) in [5.74, 6) is -0.173. The molecule has 0 fully saturated rings. The Morgan fingerprint density at radius 1 is 1.35 bits per heavy atom. The number of ether oxygens (including phenoxy) is 1. The van der Waals surface area contributed by atoms with Crippen LogP contribution in [0.1, 0.15) is 12.5 Å². The molecular weight excluding hydrogens is 225 g/mol. The zero-order valence-electron chi connectivity index (χ0n) is 9.82. The molecule has 0 bridgehead atoms. The van der Waals surface area contributed by atoms with Gasteiger partial charge in [-0.3, -0.25) is 0 Å². The fraction of sp³-hybridized carbons (Fsp3) is 0.500. The van der Waals surface area contributed by atoms with Crippen molar-refractivity contribution in [3.8, 4) is 5.75 Å². The summed E-state index contributed by atoms with van der Waals surface area (Å²) in [4.78, 5) is 0. The smallest absolute Gasteiger partial charge is 0.165 e. The van der Waals surface area contributed by atoms with E-state index in [9.17, 15) is 4.39 Å². The van der Waals surface area contributed by atoms with Crippen LogP contribution in [0.2, 0.25) is 0 Å². The average molecular weight is 243 g/mol. The average Bonchev–Trinajstić information content (AvgIpc) is 2.34. The van der Waals surface area contributed by atoms with E-state index in [0.29, 0.717) is 13.2 Å². The third-order valence-corrected chi connectivity index (χ3v) is 2.33. The van der Waals surface area contributed by atoms with E-state index in [1.807, 2.05) is 0 Å². The van der Waals surface area contributed by atoms with Gasteiger partial charge in [-0.1, -0.05) is 6.07 Å². The Bertz CT molecular complexity index is 343. The number of hydrogen-bond donors (Lipinski definition) is 3. The van der Waals surface area contributed by atoms with Gasteiger partial charge in [-0.15, -0.1) is 0 Å². The first kappa shape index (κ1) is 13.9. The van der Waals surface area contributed by atoms with E-state index in [0.717, 1.165) is 5.56 Å². The molecule has 1 aromatic rings. The fourth-order valence-electron chi connectivity index (χ4n) is 1.38. The van der Waals surface area contributed by atoms with Gasteiger partial charge in [0, 0.05) is 6.54 Å². The molecule has 1 rings (SSSR count). The van der Waals surface area contributed by atoms with Crippen molar-refractivity contribution in [3.05, 3.63) is 29.6 Å². The highest BCUT2D eigenvalue weighted by Gasteiger charge is 2.07. The summed E-state index contributed by atoms with van der Waals surface area (Å²) in [6.07, 6.45) is 0. The molecule has 5 heteroatoms. The fourth-order valence-corrected chi connectivity index (χ4v) is 1.38. The molecule has 96 valence electrons. The van der Waals surface area contributed by atoms with Crippen LogP contribution in [0.5, 0.6) is 5.75 Å². The van der Waals surface area contributed by atoms with E-state index < -0.39 is 5.82 Å². The van der Waals surface area contributed by atoms with Crippen molar-refractivity contribution in [1.82, 2.24) is 5.32 Å². The van der Waals surface area contributed by atoms with Crippen molar-refractivity contribution in [3.63, 3.8) is 0 Å². The Morgan fingerprint density at radius 3 is 2.59 bits per heavy atom. The molecule has 0 aliphatic carbocycles. The van der Waals surface area contributed by atoms with Crippen LogP contribution in [-0.2, 0) is 6.54 Å². The number of aliphatic hydroxyl groups is 2. The molecule has 0 atom stereocenters. The monoisotopic (exact) mass is 243 g/mol. The molecule has 0 heterocycles. The van der Waals surface area contributed by atoms with E-state index in [2.05, 4.69) is 5.32 Å². The van der Waals surface area contributed by atoms with E-state index >= 15 is 0 Å².